The molecule has 9 heteroatoms. The van der Waals surface area contributed by atoms with Gasteiger partial charge in [0.25, 0.3) is 5.91 Å². The number of hydrogen-bond donors (Lipinski definition) is 2. The molecule has 0 saturated heterocycles. The van der Waals surface area contributed by atoms with Crippen molar-refractivity contribution in [2.24, 2.45) is 24.8 Å². The second kappa shape index (κ2) is 9.36. The maximum atomic E-state index is 13.1. The van der Waals surface area contributed by atoms with Gasteiger partial charge in [0.15, 0.2) is 0 Å². The third kappa shape index (κ3) is 4.64. The fraction of sp³-hybridized carbons (Fsp3) is 0.500. The fourth-order valence-corrected chi connectivity index (χ4v) is 6.25. The fourth-order valence-electron chi connectivity index (χ4n) is 5.24. The van der Waals surface area contributed by atoms with E-state index in [2.05, 4.69) is 42.2 Å². The minimum Gasteiger partial charge on any atom is -0.383 e. The van der Waals surface area contributed by atoms with Crippen LogP contribution in [0.2, 0.25) is 5.02 Å². The lowest BCUT2D eigenvalue weighted by molar-refractivity contribution is -0.120. The number of halogens is 2. The predicted molar refractivity (Wildman–Crippen MR) is 135 cm³/mol. The van der Waals surface area contributed by atoms with Crippen molar-refractivity contribution in [1.29, 1.82) is 0 Å². The number of aromatic nitrogens is 2. The first kappa shape index (κ1) is 23.0. The first-order valence-corrected chi connectivity index (χ1v) is 13.0. The van der Waals surface area contributed by atoms with Gasteiger partial charge in [0, 0.05) is 30.5 Å². The number of Topliss-reactive ketones (excluding diaryl/α,β-unsaturated/α-hetero) is 1. The molecule has 2 aliphatic rings. The van der Waals surface area contributed by atoms with E-state index in [9.17, 15) is 9.59 Å². The average molecular weight is 573 g/mol. The Kier molecular flexibility index (Phi) is 6.94. The van der Waals surface area contributed by atoms with Crippen molar-refractivity contribution < 1.29 is 9.59 Å². The summed E-state index contributed by atoms with van der Waals surface area (Å²) >= 11 is 8.35. The number of nitrogens with two attached hydrogens (primary N) is 1. The molecule has 2 aliphatic carbocycles. The zero-order valence-electron chi connectivity index (χ0n) is 17.4. The number of benzene rings is 1. The van der Waals surface area contributed by atoms with E-state index in [-0.39, 0.29) is 17.7 Å². The Morgan fingerprint density at radius 2 is 1.97 bits per heavy atom. The highest BCUT2D eigenvalue weighted by Crippen LogP contribution is 2.53. The third-order valence-corrected chi connectivity index (χ3v) is 8.62. The van der Waals surface area contributed by atoms with Crippen LogP contribution in [0.15, 0.2) is 18.2 Å². The largest absolute Gasteiger partial charge is 0.383 e. The highest BCUT2D eigenvalue weighted by atomic mass is 127. The minimum atomic E-state index is -0.207. The maximum Gasteiger partial charge on any atom is 0.257 e. The standard InChI is InChI=1S/C22H27ClIN4O2P/c1-28-21(25)19(22(30)26-10-11-2-3-18(31)16(23)4-11)20(27-28)15-7-12-5-14(17(29)9-24)6-13(12)8-15/h2-4,12-15H,5-10,25,31H2,1H3,(H,26,30). The van der Waals surface area contributed by atoms with Gasteiger partial charge in [0.1, 0.15) is 17.2 Å². The molecule has 1 amide bonds. The molecule has 0 aliphatic heterocycles. The van der Waals surface area contributed by atoms with Crippen LogP contribution in [-0.2, 0) is 18.4 Å². The number of ketones is 1. The van der Waals surface area contributed by atoms with Gasteiger partial charge in [-0.05, 0) is 54.5 Å². The maximum absolute atomic E-state index is 13.1. The van der Waals surface area contributed by atoms with Crippen LogP contribution in [0.3, 0.4) is 0 Å². The van der Waals surface area contributed by atoms with E-state index >= 15 is 0 Å². The number of nitrogens with one attached hydrogen (secondary N) is 1. The Balaban J connectivity index is 1.47. The van der Waals surface area contributed by atoms with E-state index in [4.69, 9.17) is 17.3 Å². The van der Waals surface area contributed by atoms with Crippen molar-refractivity contribution in [3.63, 3.8) is 0 Å². The second-order valence-corrected chi connectivity index (χ2v) is 10.6. The highest BCUT2D eigenvalue weighted by Gasteiger charge is 2.45. The Labute approximate surface area is 203 Å². The molecule has 1 heterocycles. The molecule has 2 fully saturated rings. The van der Waals surface area contributed by atoms with E-state index in [0.717, 1.165) is 42.2 Å². The minimum absolute atomic E-state index is 0.207. The summed E-state index contributed by atoms with van der Waals surface area (Å²) in [5.74, 6) is 2.05. The van der Waals surface area contributed by atoms with Crippen LogP contribution in [0.25, 0.3) is 0 Å². The first-order valence-electron chi connectivity index (χ1n) is 10.5. The Morgan fingerprint density at radius 1 is 1.29 bits per heavy atom. The van der Waals surface area contributed by atoms with E-state index in [1.165, 1.54) is 0 Å². The van der Waals surface area contributed by atoms with Gasteiger partial charge in [-0.3, -0.25) is 14.3 Å². The number of aryl methyl sites for hydroxylation is 1. The summed E-state index contributed by atoms with van der Waals surface area (Å²) in [6.07, 6.45) is 3.88. The average Bonchev–Trinajstić information content (AvgIpc) is 3.40. The topological polar surface area (TPSA) is 90.0 Å². The molecule has 4 rings (SSSR count). The molecule has 31 heavy (non-hydrogen) atoms. The van der Waals surface area contributed by atoms with E-state index in [0.29, 0.717) is 45.0 Å². The molecule has 3 atom stereocenters. The number of nitrogen functional groups attached to an aromatic ring is 1. The van der Waals surface area contributed by atoms with Crippen LogP contribution < -0.4 is 16.4 Å². The number of nitrogens with zero attached hydrogens (tertiary/aromatic N) is 2. The number of anilines is 1. The van der Waals surface area contributed by atoms with Gasteiger partial charge in [0.2, 0.25) is 0 Å². The molecule has 2 aromatic rings. The number of carbonyl (C=O) groups is 2. The summed E-state index contributed by atoms with van der Waals surface area (Å²) in [5, 5.41) is 9.18. The Morgan fingerprint density at radius 3 is 2.58 bits per heavy atom. The van der Waals surface area contributed by atoms with Crippen molar-refractivity contribution in [3.8, 4) is 0 Å². The molecule has 6 nitrogen and oxygen atoms in total. The molecule has 166 valence electrons. The molecule has 1 aromatic heterocycles. The monoisotopic (exact) mass is 572 g/mol. The van der Waals surface area contributed by atoms with Crippen molar-refractivity contribution in [2.75, 3.05) is 10.2 Å². The Bertz CT molecular complexity index is 1010. The van der Waals surface area contributed by atoms with Gasteiger partial charge in [0.05, 0.1) is 10.1 Å². The van der Waals surface area contributed by atoms with Gasteiger partial charge < -0.3 is 11.1 Å². The summed E-state index contributed by atoms with van der Waals surface area (Å²) in [5.41, 5.74) is 8.46. The second-order valence-electron chi connectivity index (χ2n) is 8.76. The molecule has 2 saturated carbocycles. The molecular weight excluding hydrogens is 546 g/mol. The van der Waals surface area contributed by atoms with Crippen LogP contribution in [0.1, 0.15) is 53.2 Å². The summed E-state index contributed by atoms with van der Waals surface area (Å²) in [4.78, 5) is 25.2. The van der Waals surface area contributed by atoms with Crippen LogP contribution >= 0.6 is 43.4 Å². The molecule has 0 radical (unpaired) electrons. The number of rotatable bonds is 6. The molecule has 0 spiro atoms. The van der Waals surface area contributed by atoms with Gasteiger partial charge in [-0.25, -0.2) is 0 Å². The van der Waals surface area contributed by atoms with E-state index < -0.39 is 0 Å². The quantitative estimate of drug-likeness (QED) is 0.315. The van der Waals surface area contributed by atoms with Crippen molar-refractivity contribution in [2.45, 2.75) is 38.1 Å². The zero-order valence-corrected chi connectivity index (χ0v) is 21.5. The molecule has 3 unspecified atom stereocenters. The van der Waals surface area contributed by atoms with Gasteiger partial charge in [-0.15, -0.1) is 9.24 Å². The number of amides is 1. The summed E-state index contributed by atoms with van der Waals surface area (Å²) in [6, 6.07) is 5.70. The van der Waals surface area contributed by atoms with E-state index in [1.54, 1.807) is 11.7 Å². The Hall–Kier alpha value is -1.18. The van der Waals surface area contributed by atoms with Gasteiger partial charge in [-0.2, -0.15) is 5.10 Å². The van der Waals surface area contributed by atoms with Crippen molar-refractivity contribution >= 4 is 66.2 Å². The lowest BCUT2D eigenvalue weighted by Gasteiger charge is -2.14. The van der Waals surface area contributed by atoms with E-state index in [1.807, 2.05) is 18.2 Å². The smallest absolute Gasteiger partial charge is 0.257 e. The highest BCUT2D eigenvalue weighted by molar-refractivity contribution is 14.1. The van der Waals surface area contributed by atoms with Crippen LogP contribution in [0, 0.1) is 17.8 Å². The summed E-state index contributed by atoms with van der Waals surface area (Å²) in [6.45, 7) is 0.368. The van der Waals surface area contributed by atoms with Gasteiger partial charge >= 0.3 is 0 Å². The number of hydrogen-bond acceptors (Lipinski definition) is 4. The van der Waals surface area contributed by atoms with Crippen LogP contribution in [0.5, 0.6) is 0 Å². The normalized spacial score (nSPS) is 24.9. The van der Waals surface area contributed by atoms with Crippen LogP contribution in [0.4, 0.5) is 5.82 Å². The molecular formula is C22H27ClIN4O2P. The predicted octanol–water partition coefficient (Wildman–Crippen LogP) is 3.61. The number of alkyl halides is 1. The number of fused-ring (bicyclic) bond motifs is 1. The molecule has 0 bridgehead atoms. The molecule has 3 N–H and O–H groups in total. The lowest BCUT2D eigenvalue weighted by Crippen LogP contribution is -2.25. The third-order valence-electron chi connectivity index (χ3n) is 6.85. The van der Waals surface area contributed by atoms with Crippen molar-refractivity contribution in [3.05, 3.63) is 40.0 Å². The number of carbonyl (C=O) groups excluding carboxylic acids is 2. The first-order chi connectivity index (χ1) is 14.8. The molecule has 1 aromatic carbocycles. The lowest BCUT2D eigenvalue weighted by atomic mass is 9.92. The van der Waals surface area contributed by atoms with Gasteiger partial charge in [-0.1, -0.05) is 46.3 Å². The summed E-state index contributed by atoms with van der Waals surface area (Å²) in [7, 11) is 4.36. The van der Waals surface area contributed by atoms with Crippen molar-refractivity contribution in [1.82, 2.24) is 15.1 Å². The summed E-state index contributed by atoms with van der Waals surface area (Å²) < 4.78 is 2.19. The SMILES string of the molecule is Cn1nc(C2CC3CC(C(=O)CI)CC3C2)c(C(=O)NCc2ccc(P)c(Cl)c2)c1N. The van der Waals surface area contributed by atoms with Crippen LogP contribution in [-0.4, -0.2) is 25.9 Å². The zero-order chi connectivity index (χ0) is 22.3.